The first-order valence-electron chi connectivity index (χ1n) is 7.28. The Morgan fingerprint density at radius 1 is 1.16 bits per heavy atom. The van der Waals surface area contributed by atoms with Gasteiger partial charge in [-0.15, -0.1) is 10.2 Å². The second-order valence-electron chi connectivity index (χ2n) is 6.32. The Morgan fingerprint density at radius 3 is 2.44 bits per heavy atom. The molecule has 0 spiro atoms. The number of hydrogen-bond acceptors (Lipinski definition) is 7. The first-order valence-corrected chi connectivity index (χ1v) is 9.58. The Bertz CT molecular complexity index is 914. The predicted octanol–water partition coefficient (Wildman–Crippen LogP) is 2.53. The van der Waals surface area contributed by atoms with Crippen molar-refractivity contribution in [1.29, 1.82) is 0 Å². The number of hydrogen-bond donors (Lipinski definition) is 2. The van der Waals surface area contributed by atoms with Crippen molar-refractivity contribution in [2.75, 3.05) is 10.0 Å². The van der Waals surface area contributed by atoms with Crippen LogP contribution < -0.4 is 10.0 Å². The summed E-state index contributed by atoms with van der Waals surface area (Å²) in [5.74, 6) is -0.473. The largest absolute Gasteiger partial charge is 0.300 e. The summed E-state index contributed by atoms with van der Waals surface area (Å²) < 4.78 is 26.8. The number of rotatable bonds is 5. The van der Waals surface area contributed by atoms with E-state index in [4.69, 9.17) is 0 Å². The summed E-state index contributed by atoms with van der Waals surface area (Å²) >= 11 is 0.742. The summed E-state index contributed by atoms with van der Waals surface area (Å²) in [4.78, 5) is 23.3. The first kappa shape index (κ1) is 19.0. The highest BCUT2D eigenvalue weighted by Crippen LogP contribution is 2.25. The molecule has 0 aliphatic heterocycles. The van der Waals surface area contributed by atoms with Gasteiger partial charge in [0.05, 0.1) is 0 Å². The Balaban J connectivity index is 2.19. The number of sulfonamides is 1. The van der Waals surface area contributed by atoms with Crippen molar-refractivity contribution in [3.05, 3.63) is 29.8 Å². The highest BCUT2D eigenvalue weighted by Gasteiger charge is 2.25. The molecule has 10 heteroatoms. The third kappa shape index (κ3) is 4.83. The van der Waals surface area contributed by atoms with Gasteiger partial charge in [-0.25, -0.2) is 0 Å². The SMILES string of the molecule is CC(=O)c1cccc(NS(=O)(=O)c2nnc(NC(=O)C(C)(C)C)s2)c1. The van der Waals surface area contributed by atoms with Crippen molar-refractivity contribution in [3.63, 3.8) is 0 Å². The van der Waals surface area contributed by atoms with Gasteiger partial charge >= 0.3 is 0 Å². The quantitative estimate of drug-likeness (QED) is 0.606. The summed E-state index contributed by atoms with van der Waals surface area (Å²) in [5, 5.41) is 9.93. The number of carbonyl (C=O) groups excluding carboxylic acids is 2. The molecule has 0 fully saturated rings. The van der Waals surface area contributed by atoms with Crippen molar-refractivity contribution in [1.82, 2.24) is 10.2 Å². The molecule has 1 amide bonds. The van der Waals surface area contributed by atoms with E-state index < -0.39 is 15.4 Å². The van der Waals surface area contributed by atoms with Gasteiger partial charge in [-0.3, -0.25) is 14.3 Å². The third-order valence-electron chi connectivity index (χ3n) is 3.06. The van der Waals surface area contributed by atoms with Crippen LogP contribution in [0.25, 0.3) is 0 Å². The molecular formula is C15H18N4O4S2. The molecule has 25 heavy (non-hydrogen) atoms. The number of Topliss-reactive ketones (excluding diaryl/α,β-unsaturated/α-hetero) is 1. The molecule has 2 rings (SSSR count). The smallest absolute Gasteiger partial charge is 0.291 e. The van der Waals surface area contributed by atoms with Crippen LogP contribution in [0.4, 0.5) is 10.8 Å². The van der Waals surface area contributed by atoms with E-state index in [1.807, 2.05) is 0 Å². The molecule has 0 atom stereocenters. The summed E-state index contributed by atoms with van der Waals surface area (Å²) in [6.45, 7) is 6.57. The van der Waals surface area contributed by atoms with Gasteiger partial charge in [0, 0.05) is 16.7 Å². The minimum absolute atomic E-state index is 0.0952. The van der Waals surface area contributed by atoms with Crippen LogP contribution in [-0.2, 0) is 14.8 Å². The molecule has 0 aliphatic rings. The molecule has 134 valence electrons. The predicted molar refractivity (Wildman–Crippen MR) is 95.2 cm³/mol. The van der Waals surface area contributed by atoms with E-state index in [2.05, 4.69) is 20.2 Å². The van der Waals surface area contributed by atoms with Gasteiger partial charge < -0.3 is 5.32 Å². The van der Waals surface area contributed by atoms with Crippen LogP contribution in [0.1, 0.15) is 38.1 Å². The zero-order chi connectivity index (χ0) is 18.8. The van der Waals surface area contributed by atoms with Crippen LogP contribution in [0.5, 0.6) is 0 Å². The van der Waals surface area contributed by atoms with Crippen LogP contribution in [0.3, 0.4) is 0 Å². The van der Waals surface area contributed by atoms with Crippen LogP contribution in [0.2, 0.25) is 0 Å². The van der Waals surface area contributed by atoms with Crippen molar-refractivity contribution in [2.24, 2.45) is 5.41 Å². The average molecular weight is 382 g/mol. The molecule has 0 saturated heterocycles. The van der Waals surface area contributed by atoms with Crippen LogP contribution in [0, 0.1) is 5.41 Å². The standard InChI is InChI=1S/C15H18N4O4S2/c1-9(20)10-6-5-7-11(8-10)19-25(22,23)14-18-17-13(24-14)16-12(21)15(2,3)4/h5-8,19H,1-4H3,(H,16,17,21). The van der Waals surface area contributed by atoms with Crippen LogP contribution in [0.15, 0.2) is 28.6 Å². The topological polar surface area (TPSA) is 118 Å². The normalized spacial score (nSPS) is 11.8. The summed E-state index contributed by atoms with van der Waals surface area (Å²) in [6, 6.07) is 6.12. The maximum absolute atomic E-state index is 12.4. The van der Waals surface area contributed by atoms with Crippen molar-refractivity contribution < 1.29 is 18.0 Å². The van der Waals surface area contributed by atoms with Gasteiger partial charge in [0.2, 0.25) is 11.0 Å². The fraction of sp³-hybridized carbons (Fsp3) is 0.333. The molecule has 1 aromatic carbocycles. The molecule has 1 heterocycles. The van der Waals surface area contributed by atoms with E-state index in [9.17, 15) is 18.0 Å². The number of carbonyl (C=O) groups is 2. The Hall–Kier alpha value is -2.33. The lowest BCUT2D eigenvalue weighted by Crippen LogP contribution is -2.27. The van der Waals surface area contributed by atoms with Gasteiger partial charge in [-0.2, -0.15) is 8.42 Å². The highest BCUT2D eigenvalue weighted by molar-refractivity contribution is 7.94. The molecule has 0 bridgehead atoms. The molecule has 0 unspecified atom stereocenters. The molecular weight excluding hydrogens is 364 g/mol. The number of benzene rings is 1. The maximum atomic E-state index is 12.4. The minimum Gasteiger partial charge on any atom is -0.300 e. The van der Waals surface area contributed by atoms with Crippen LogP contribution in [-0.4, -0.2) is 30.3 Å². The number of nitrogens with zero attached hydrogens (tertiary/aromatic N) is 2. The van der Waals surface area contributed by atoms with E-state index in [-0.39, 0.29) is 26.8 Å². The molecule has 2 N–H and O–H groups in total. The monoisotopic (exact) mass is 382 g/mol. The van der Waals surface area contributed by atoms with Gasteiger partial charge in [-0.1, -0.05) is 44.2 Å². The van der Waals surface area contributed by atoms with Crippen LogP contribution >= 0.6 is 11.3 Å². The van der Waals surface area contributed by atoms with E-state index >= 15 is 0 Å². The van der Waals surface area contributed by atoms with Gasteiger partial charge in [0.1, 0.15) is 0 Å². The summed E-state index contributed by atoms with van der Waals surface area (Å²) in [7, 11) is -3.97. The number of amides is 1. The lowest BCUT2D eigenvalue weighted by molar-refractivity contribution is -0.123. The van der Waals surface area contributed by atoms with Crippen molar-refractivity contribution in [2.45, 2.75) is 32.0 Å². The van der Waals surface area contributed by atoms with Crippen molar-refractivity contribution >= 4 is 43.9 Å². The lowest BCUT2D eigenvalue weighted by atomic mass is 9.96. The zero-order valence-corrected chi connectivity index (χ0v) is 15.8. The number of nitrogens with one attached hydrogen (secondary N) is 2. The van der Waals surface area contributed by atoms with E-state index in [1.54, 1.807) is 32.9 Å². The van der Waals surface area contributed by atoms with E-state index in [0.717, 1.165) is 11.3 Å². The second-order valence-corrected chi connectivity index (χ2v) is 9.15. The first-order chi connectivity index (χ1) is 11.5. The third-order valence-corrected chi connectivity index (χ3v) is 5.65. The van der Waals surface area contributed by atoms with Gasteiger partial charge in [0.25, 0.3) is 14.4 Å². The molecule has 0 aliphatic carbocycles. The molecule has 1 aromatic heterocycles. The van der Waals surface area contributed by atoms with Gasteiger partial charge in [0.15, 0.2) is 5.78 Å². The second kappa shape index (κ2) is 6.89. The molecule has 2 aromatic rings. The summed E-state index contributed by atoms with van der Waals surface area (Å²) in [6.07, 6.45) is 0. The fourth-order valence-electron chi connectivity index (χ4n) is 1.65. The minimum atomic E-state index is -3.97. The molecule has 0 radical (unpaired) electrons. The molecule has 8 nitrogen and oxygen atoms in total. The van der Waals surface area contributed by atoms with E-state index in [1.165, 1.54) is 19.1 Å². The number of ketones is 1. The lowest BCUT2D eigenvalue weighted by Gasteiger charge is -2.15. The van der Waals surface area contributed by atoms with E-state index in [0.29, 0.717) is 5.56 Å². The fourth-order valence-corrected chi connectivity index (χ4v) is 3.60. The number of anilines is 2. The summed E-state index contributed by atoms with van der Waals surface area (Å²) in [5.41, 5.74) is -0.0189. The Kier molecular flexibility index (Phi) is 5.23. The Labute approximate surface area is 149 Å². The maximum Gasteiger partial charge on any atom is 0.291 e. The molecule has 0 saturated carbocycles. The Morgan fingerprint density at radius 2 is 1.84 bits per heavy atom. The zero-order valence-electron chi connectivity index (χ0n) is 14.2. The average Bonchev–Trinajstić information content (AvgIpc) is 2.95. The number of aromatic nitrogens is 2. The highest BCUT2D eigenvalue weighted by atomic mass is 32.2. The van der Waals surface area contributed by atoms with Crippen molar-refractivity contribution in [3.8, 4) is 0 Å². The van der Waals surface area contributed by atoms with Gasteiger partial charge in [-0.05, 0) is 19.1 Å².